The molecule has 2 N–H and O–H groups in total. The SMILES string of the molecule is CC(=O)c1cccc(NC(=O)CC2C(=O)NN(C)C2=O)c1. The largest absolute Gasteiger partial charge is 0.326 e. The Morgan fingerprint density at radius 2 is 2.05 bits per heavy atom. The zero-order valence-electron chi connectivity index (χ0n) is 11.7. The first kappa shape index (κ1) is 14.7. The fraction of sp³-hybridized carbons (Fsp3) is 0.286. The second kappa shape index (κ2) is 5.74. The van der Waals surface area contributed by atoms with Gasteiger partial charge in [0, 0.05) is 24.7 Å². The van der Waals surface area contributed by atoms with E-state index in [9.17, 15) is 19.2 Å². The summed E-state index contributed by atoms with van der Waals surface area (Å²) in [6, 6.07) is 6.46. The summed E-state index contributed by atoms with van der Waals surface area (Å²) in [7, 11) is 1.43. The van der Waals surface area contributed by atoms with Gasteiger partial charge in [0.15, 0.2) is 5.78 Å². The number of nitrogens with zero attached hydrogens (tertiary/aromatic N) is 1. The average Bonchev–Trinajstić information content (AvgIpc) is 2.65. The minimum Gasteiger partial charge on any atom is -0.326 e. The summed E-state index contributed by atoms with van der Waals surface area (Å²) in [5.41, 5.74) is 3.26. The fourth-order valence-electron chi connectivity index (χ4n) is 2.04. The maximum absolute atomic E-state index is 11.9. The van der Waals surface area contributed by atoms with E-state index >= 15 is 0 Å². The lowest BCUT2D eigenvalue weighted by atomic mass is 10.0. The Morgan fingerprint density at radius 1 is 1.33 bits per heavy atom. The molecule has 2 rings (SSSR count). The molecule has 1 aliphatic rings. The van der Waals surface area contributed by atoms with E-state index in [1.807, 2.05) is 0 Å². The highest BCUT2D eigenvalue weighted by Gasteiger charge is 2.38. The van der Waals surface area contributed by atoms with Gasteiger partial charge in [-0.25, -0.2) is 0 Å². The lowest BCUT2D eigenvalue weighted by Crippen LogP contribution is -2.31. The van der Waals surface area contributed by atoms with Crippen LogP contribution in [0.25, 0.3) is 0 Å². The summed E-state index contributed by atoms with van der Waals surface area (Å²) in [4.78, 5) is 46.4. The summed E-state index contributed by atoms with van der Waals surface area (Å²) in [5, 5.41) is 3.64. The van der Waals surface area contributed by atoms with Gasteiger partial charge in [-0.05, 0) is 19.1 Å². The monoisotopic (exact) mass is 289 g/mol. The van der Waals surface area contributed by atoms with Gasteiger partial charge < -0.3 is 5.32 Å². The van der Waals surface area contributed by atoms with Crippen molar-refractivity contribution in [2.75, 3.05) is 12.4 Å². The summed E-state index contributed by atoms with van der Waals surface area (Å²) in [6.45, 7) is 1.43. The molecule has 3 amide bonds. The van der Waals surface area contributed by atoms with Gasteiger partial charge in [0.2, 0.25) is 5.91 Å². The van der Waals surface area contributed by atoms with E-state index in [0.29, 0.717) is 11.3 Å². The first-order valence-corrected chi connectivity index (χ1v) is 6.37. The maximum atomic E-state index is 11.9. The van der Waals surface area contributed by atoms with Crippen LogP contribution in [0.15, 0.2) is 24.3 Å². The van der Waals surface area contributed by atoms with E-state index in [2.05, 4.69) is 10.7 Å². The first-order valence-electron chi connectivity index (χ1n) is 6.37. The highest BCUT2D eigenvalue weighted by Crippen LogP contribution is 2.16. The standard InChI is InChI=1S/C14H15N3O4/c1-8(18)9-4-3-5-10(6-9)15-12(19)7-11-13(20)16-17(2)14(11)21/h3-6,11H,7H2,1-2H3,(H,15,19)(H,16,20). The van der Waals surface area contributed by atoms with Gasteiger partial charge in [-0.3, -0.25) is 29.6 Å². The Hall–Kier alpha value is -2.70. The third kappa shape index (κ3) is 3.25. The topological polar surface area (TPSA) is 95.6 Å². The van der Waals surface area contributed by atoms with Crippen LogP contribution < -0.4 is 10.7 Å². The van der Waals surface area contributed by atoms with Crippen molar-refractivity contribution < 1.29 is 19.2 Å². The molecule has 7 nitrogen and oxygen atoms in total. The Labute approximate surface area is 121 Å². The molecule has 7 heteroatoms. The van der Waals surface area contributed by atoms with Crippen LogP contribution in [0, 0.1) is 5.92 Å². The minimum atomic E-state index is -1.01. The molecule has 0 radical (unpaired) electrons. The van der Waals surface area contributed by atoms with E-state index in [-0.39, 0.29) is 12.2 Å². The number of anilines is 1. The van der Waals surface area contributed by atoms with Crippen LogP contribution in [0.2, 0.25) is 0 Å². The molecule has 1 saturated heterocycles. The quantitative estimate of drug-likeness (QED) is 0.617. The lowest BCUT2D eigenvalue weighted by Gasteiger charge is -2.08. The number of hydrogen-bond acceptors (Lipinski definition) is 4. The van der Waals surface area contributed by atoms with Crippen LogP contribution in [0.3, 0.4) is 0 Å². The molecule has 21 heavy (non-hydrogen) atoms. The van der Waals surface area contributed by atoms with Crippen LogP contribution in [0.4, 0.5) is 5.69 Å². The Balaban J connectivity index is 2.02. The van der Waals surface area contributed by atoms with Crippen LogP contribution in [0.1, 0.15) is 23.7 Å². The summed E-state index contributed by atoms with van der Waals surface area (Å²) < 4.78 is 0. The van der Waals surface area contributed by atoms with Gasteiger partial charge in [-0.1, -0.05) is 12.1 Å². The van der Waals surface area contributed by atoms with Crippen molar-refractivity contribution in [2.24, 2.45) is 5.92 Å². The number of carbonyl (C=O) groups is 4. The fourth-order valence-corrected chi connectivity index (χ4v) is 2.04. The third-order valence-corrected chi connectivity index (χ3v) is 3.17. The molecule has 1 unspecified atom stereocenters. The minimum absolute atomic E-state index is 0.113. The van der Waals surface area contributed by atoms with Crippen molar-refractivity contribution in [3.8, 4) is 0 Å². The molecule has 1 fully saturated rings. The summed E-state index contributed by atoms with van der Waals surface area (Å²) in [5.74, 6) is -2.51. The number of carbonyl (C=O) groups excluding carboxylic acids is 4. The van der Waals surface area contributed by atoms with Crippen LogP contribution in [0.5, 0.6) is 0 Å². The normalized spacial score (nSPS) is 17.6. The van der Waals surface area contributed by atoms with E-state index in [1.165, 1.54) is 14.0 Å². The van der Waals surface area contributed by atoms with Crippen molar-refractivity contribution in [3.63, 3.8) is 0 Å². The molecular weight excluding hydrogens is 274 g/mol. The molecule has 1 aliphatic heterocycles. The van der Waals surface area contributed by atoms with Gasteiger partial charge in [0.1, 0.15) is 5.92 Å². The molecule has 0 spiro atoms. The van der Waals surface area contributed by atoms with Crippen molar-refractivity contribution >= 4 is 29.2 Å². The molecule has 0 aliphatic carbocycles. The highest BCUT2D eigenvalue weighted by molar-refractivity contribution is 6.09. The van der Waals surface area contributed by atoms with E-state index < -0.39 is 23.6 Å². The van der Waals surface area contributed by atoms with E-state index in [0.717, 1.165) is 5.01 Å². The average molecular weight is 289 g/mol. The molecule has 1 heterocycles. The molecule has 0 bridgehead atoms. The predicted octanol–water partition coefficient (Wildman–Crippen LogP) is 0.337. The molecular formula is C14H15N3O4. The summed E-state index contributed by atoms with van der Waals surface area (Å²) in [6.07, 6.45) is -0.237. The molecule has 110 valence electrons. The van der Waals surface area contributed by atoms with E-state index in [1.54, 1.807) is 24.3 Å². The Kier molecular flexibility index (Phi) is 4.02. The molecule has 1 aromatic carbocycles. The van der Waals surface area contributed by atoms with Gasteiger partial charge in [0.25, 0.3) is 11.8 Å². The van der Waals surface area contributed by atoms with Crippen LogP contribution in [-0.4, -0.2) is 35.6 Å². The molecule has 1 atom stereocenters. The van der Waals surface area contributed by atoms with Gasteiger partial charge in [-0.2, -0.15) is 0 Å². The van der Waals surface area contributed by atoms with Crippen molar-refractivity contribution in [2.45, 2.75) is 13.3 Å². The number of hydrogen-bond donors (Lipinski definition) is 2. The number of nitrogens with one attached hydrogen (secondary N) is 2. The van der Waals surface area contributed by atoms with Gasteiger partial charge >= 0.3 is 0 Å². The van der Waals surface area contributed by atoms with E-state index in [4.69, 9.17) is 0 Å². The van der Waals surface area contributed by atoms with Gasteiger partial charge in [-0.15, -0.1) is 0 Å². The number of Topliss-reactive ketones (excluding diaryl/α,β-unsaturated/α-hetero) is 1. The highest BCUT2D eigenvalue weighted by atomic mass is 16.2. The number of benzene rings is 1. The molecule has 0 aromatic heterocycles. The van der Waals surface area contributed by atoms with Crippen LogP contribution in [-0.2, 0) is 14.4 Å². The molecule has 1 aromatic rings. The Morgan fingerprint density at radius 3 is 2.62 bits per heavy atom. The lowest BCUT2D eigenvalue weighted by molar-refractivity contribution is -0.134. The second-order valence-corrected chi connectivity index (χ2v) is 4.82. The third-order valence-electron chi connectivity index (χ3n) is 3.17. The van der Waals surface area contributed by atoms with Crippen molar-refractivity contribution in [1.82, 2.24) is 10.4 Å². The summed E-state index contributed by atoms with van der Waals surface area (Å²) >= 11 is 0. The van der Waals surface area contributed by atoms with Gasteiger partial charge in [0.05, 0.1) is 0 Å². The Bertz CT molecular complexity index is 626. The zero-order valence-corrected chi connectivity index (χ0v) is 11.7. The predicted molar refractivity (Wildman–Crippen MR) is 74.1 cm³/mol. The maximum Gasteiger partial charge on any atom is 0.253 e. The zero-order chi connectivity index (χ0) is 15.6. The number of ketones is 1. The van der Waals surface area contributed by atoms with Crippen molar-refractivity contribution in [3.05, 3.63) is 29.8 Å². The van der Waals surface area contributed by atoms with Crippen molar-refractivity contribution in [1.29, 1.82) is 0 Å². The number of hydrazine groups is 1. The molecule has 0 saturated carbocycles. The number of rotatable bonds is 4. The van der Waals surface area contributed by atoms with Crippen LogP contribution >= 0.6 is 0 Å². The second-order valence-electron chi connectivity index (χ2n) is 4.82. The number of amides is 3. The smallest absolute Gasteiger partial charge is 0.253 e. The first-order chi connectivity index (χ1) is 9.88.